The molecule has 0 radical (unpaired) electrons. The Morgan fingerprint density at radius 3 is 2.55 bits per heavy atom. The second-order valence-electron chi connectivity index (χ2n) is 3.70. The molecule has 11 heavy (non-hydrogen) atoms. The lowest BCUT2D eigenvalue weighted by molar-refractivity contribution is 0.0447. The molecule has 3 nitrogen and oxygen atoms in total. The Kier molecular flexibility index (Phi) is 2.87. The molecule has 0 bridgehead atoms. The Morgan fingerprint density at radius 2 is 2.09 bits per heavy atom. The summed E-state index contributed by atoms with van der Waals surface area (Å²) >= 11 is 0. The van der Waals surface area contributed by atoms with Crippen molar-refractivity contribution < 1.29 is 5.11 Å². The molecule has 1 aliphatic heterocycles. The van der Waals surface area contributed by atoms with Gasteiger partial charge in [-0.05, 0) is 20.3 Å². The van der Waals surface area contributed by atoms with Crippen molar-refractivity contribution in [2.24, 2.45) is 5.73 Å². The summed E-state index contributed by atoms with van der Waals surface area (Å²) < 4.78 is 0. The first kappa shape index (κ1) is 8.97. The van der Waals surface area contributed by atoms with Crippen molar-refractivity contribution in [1.82, 2.24) is 4.90 Å². The van der Waals surface area contributed by atoms with Gasteiger partial charge >= 0.3 is 0 Å². The molecule has 2 atom stereocenters. The number of nitrogens with zero attached hydrogens (tertiary/aromatic N) is 1. The van der Waals surface area contributed by atoms with Gasteiger partial charge < -0.3 is 10.8 Å². The second kappa shape index (κ2) is 3.52. The van der Waals surface area contributed by atoms with Gasteiger partial charge in [0.05, 0.1) is 6.10 Å². The van der Waals surface area contributed by atoms with Gasteiger partial charge in [-0.3, -0.25) is 4.90 Å². The lowest BCUT2D eigenvalue weighted by atomic mass is 10.0. The van der Waals surface area contributed by atoms with Crippen LogP contribution in [0.4, 0.5) is 0 Å². The number of likely N-dealkylation sites (tertiary alicyclic amines) is 1. The molecule has 1 saturated heterocycles. The van der Waals surface area contributed by atoms with Gasteiger partial charge in [-0.15, -0.1) is 0 Å². The highest BCUT2D eigenvalue weighted by molar-refractivity contribution is 4.82. The van der Waals surface area contributed by atoms with Gasteiger partial charge in [0, 0.05) is 25.2 Å². The normalized spacial score (nSPS) is 34.6. The van der Waals surface area contributed by atoms with Crippen LogP contribution >= 0.6 is 0 Å². The Hall–Kier alpha value is -0.120. The molecule has 0 aromatic heterocycles. The molecular formula is C8H18N2O. The van der Waals surface area contributed by atoms with Crippen LogP contribution in [-0.4, -0.2) is 41.3 Å². The fraction of sp³-hybridized carbons (Fsp3) is 1.00. The molecule has 66 valence electrons. The topological polar surface area (TPSA) is 49.5 Å². The van der Waals surface area contributed by atoms with Crippen LogP contribution in [0.1, 0.15) is 20.3 Å². The molecule has 3 N–H and O–H groups in total. The lowest BCUT2D eigenvalue weighted by Crippen LogP contribution is -2.51. The first-order valence-corrected chi connectivity index (χ1v) is 4.27. The zero-order valence-electron chi connectivity index (χ0n) is 7.33. The standard InChI is InChI=1S/C8H18N2O/c1-6(2)10-4-7(9)3-8(11)5-10/h6-8,11H,3-5,9H2,1-2H3/t7-,8-/m1/s1. The number of rotatable bonds is 1. The zero-order valence-corrected chi connectivity index (χ0v) is 7.33. The monoisotopic (exact) mass is 158 g/mol. The van der Waals surface area contributed by atoms with E-state index in [-0.39, 0.29) is 12.1 Å². The molecular weight excluding hydrogens is 140 g/mol. The van der Waals surface area contributed by atoms with Gasteiger partial charge in [0.1, 0.15) is 0 Å². The largest absolute Gasteiger partial charge is 0.392 e. The van der Waals surface area contributed by atoms with Crippen molar-refractivity contribution in [3.8, 4) is 0 Å². The van der Waals surface area contributed by atoms with Crippen molar-refractivity contribution in [3.05, 3.63) is 0 Å². The molecule has 0 saturated carbocycles. The minimum absolute atomic E-state index is 0.154. The van der Waals surface area contributed by atoms with Crippen molar-refractivity contribution in [2.45, 2.75) is 38.5 Å². The van der Waals surface area contributed by atoms with E-state index in [1.807, 2.05) is 0 Å². The van der Waals surface area contributed by atoms with E-state index in [4.69, 9.17) is 5.73 Å². The number of aliphatic hydroxyl groups is 1. The van der Waals surface area contributed by atoms with Crippen molar-refractivity contribution >= 4 is 0 Å². The van der Waals surface area contributed by atoms with E-state index in [1.165, 1.54) is 0 Å². The average molecular weight is 158 g/mol. The van der Waals surface area contributed by atoms with E-state index < -0.39 is 0 Å². The highest BCUT2D eigenvalue weighted by atomic mass is 16.3. The molecule has 0 aromatic carbocycles. The van der Waals surface area contributed by atoms with Crippen LogP contribution < -0.4 is 5.73 Å². The summed E-state index contributed by atoms with van der Waals surface area (Å²) in [5.41, 5.74) is 5.75. The first-order chi connectivity index (χ1) is 5.09. The van der Waals surface area contributed by atoms with Crippen molar-refractivity contribution in [3.63, 3.8) is 0 Å². The van der Waals surface area contributed by atoms with Crippen LogP contribution in [0.2, 0.25) is 0 Å². The molecule has 0 spiro atoms. The third-order valence-electron chi connectivity index (χ3n) is 2.22. The maximum Gasteiger partial charge on any atom is 0.0682 e. The van der Waals surface area contributed by atoms with Gasteiger partial charge in [-0.2, -0.15) is 0 Å². The van der Waals surface area contributed by atoms with Gasteiger partial charge in [-0.25, -0.2) is 0 Å². The van der Waals surface area contributed by atoms with Crippen LogP contribution in [0.25, 0.3) is 0 Å². The van der Waals surface area contributed by atoms with E-state index >= 15 is 0 Å². The van der Waals surface area contributed by atoms with Crippen LogP contribution in [0, 0.1) is 0 Å². The minimum atomic E-state index is -0.221. The van der Waals surface area contributed by atoms with Gasteiger partial charge in [0.25, 0.3) is 0 Å². The summed E-state index contributed by atoms with van der Waals surface area (Å²) in [6.45, 7) is 5.97. The molecule has 1 fully saturated rings. The Labute approximate surface area is 68.2 Å². The number of β-amino-alcohol motifs (C(OH)–C–C–N with tert-alkyl or cyclic N) is 1. The number of aliphatic hydroxyl groups excluding tert-OH is 1. The fourth-order valence-corrected chi connectivity index (χ4v) is 1.57. The number of piperidine rings is 1. The molecule has 1 aliphatic rings. The molecule has 3 heteroatoms. The van der Waals surface area contributed by atoms with E-state index in [0.29, 0.717) is 6.04 Å². The van der Waals surface area contributed by atoms with Crippen LogP contribution in [-0.2, 0) is 0 Å². The predicted molar refractivity (Wildman–Crippen MR) is 45.3 cm³/mol. The van der Waals surface area contributed by atoms with Crippen LogP contribution in [0.3, 0.4) is 0 Å². The SMILES string of the molecule is CC(C)N1C[C@H](N)C[C@@H](O)C1. The molecule has 1 heterocycles. The molecule has 0 unspecified atom stereocenters. The molecule has 0 amide bonds. The third-order valence-corrected chi connectivity index (χ3v) is 2.22. The molecule has 0 aromatic rings. The summed E-state index contributed by atoms with van der Waals surface area (Å²) in [5, 5.41) is 9.38. The van der Waals surface area contributed by atoms with Crippen molar-refractivity contribution in [2.75, 3.05) is 13.1 Å². The first-order valence-electron chi connectivity index (χ1n) is 4.27. The van der Waals surface area contributed by atoms with E-state index in [0.717, 1.165) is 19.5 Å². The summed E-state index contributed by atoms with van der Waals surface area (Å²) in [6, 6.07) is 0.650. The van der Waals surface area contributed by atoms with Gasteiger partial charge in [0.2, 0.25) is 0 Å². The zero-order chi connectivity index (χ0) is 8.43. The summed E-state index contributed by atoms with van der Waals surface area (Å²) in [4.78, 5) is 2.22. The number of hydrogen-bond acceptors (Lipinski definition) is 3. The molecule has 0 aliphatic carbocycles. The quantitative estimate of drug-likeness (QED) is 0.555. The smallest absolute Gasteiger partial charge is 0.0682 e. The van der Waals surface area contributed by atoms with E-state index in [1.54, 1.807) is 0 Å². The average Bonchev–Trinajstić information content (AvgIpc) is 1.85. The highest BCUT2D eigenvalue weighted by Crippen LogP contribution is 2.11. The Morgan fingerprint density at radius 1 is 1.45 bits per heavy atom. The van der Waals surface area contributed by atoms with E-state index in [2.05, 4.69) is 18.7 Å². The summed E-state index contributed by atoms with van der Waals surface area (Å²) in [5.74, 6) is 0. The highest BCUT2D eigenvalue weighted by Gasteiger charge is 2.24. The van der Waals surface area contributed by atoms with Crippen LogP contribution in [0.5, 0.6) is 0 Å². The number of hydrogen-bond donors (Lipinski definition) is 2. The fourth-order valence-electron chi connectivity index (χ4n) is 1.57. The van der Waals surface area contributed by atoms with Gasteiger partial charge in [-0.1, -0.05) is 0 Å². The van der Waals surface area contributed by atoms with Crippen molar-refractivity contribution in [1.29, 1.82) is 0 Å². The number of nitrogens with two attached hydrogens (primary N) is 1. The third kappa shape index (κ3) is 2.43. The lowest BCUT2D eigenvalue weighted by Gasteiger charge is -2.36. The second-order valence-corrected chi connectivity index (χ2v) is 3.70. The van der Waals surface area contributed by atoms with Gasteiger partial charge in [0.15, 0.2) is 0 Å². The maximum atomic E-state index is 9.38. The Bertz CT molecular complexity index is 117. The Balaban J connectivity index is 2.43. The predicted octanol–water partition coefficient (Wildman–Crippen LogP) is -0.211. The molecule has 1 rings (SSSR count). The summed E-state index contributed by atoms with van der Waals surface area (Å²) in [7, 11) is 0. The summed E-state index contributed by atoms with van der Waals surface area (Å²) in [6.07, 6.45) is 0.532. The maximum absolute atomic E-state index is 9.38. The van der Waals surface area contributed by atoms with E-state index in [9.17, 15) is 5.11 Å². The van der Waals surface area contributed by atoms with Crippen LogP contribution in [0.15, 0.2) is 0 Å². The minimum Gasteiger partial charge on any atom is -0.392 e.